The number of ether oxygens (including phenoxy) is 2. The van der Waals surface area contributed by atoms with Gasteiger partial charge in [-0.1, -0.05) is 77.6 Å². The molecule has 0 amide bonds. The summed E-state index contributed by atoms with van der Waals surface area (Å²) in [7, 11) is 0. The van der Waals surface area contributed by atoms with Crippen LogP contribution in [0.5, 0.6) is 0 Å². The quantitative estimate of drug-likeness (QED) is 0.109. The molecule has 48 heavy (non-hydrogen) atoms. The smallest absolute Gasteiger partial charge is 0.316 e. The van der Waals surface area contributed by atoms with Crippen molar-refractivity contribution in [3.05, 3.63) is 79.9 Å². The Bertz CT molecular complexity index is 1230. The zero-order valence-electron chi connectivity index (χ0n) is 29.0. The minimum Gasteiger partial charge on any atom is -0.464 e. The number of nitrogens with zero attached hydrogens (tertiary/aromatic N) is 4. The topological polar surface area (TPSA) is 145 Å². The van der Waals surface area contributed by atoms with Gasteiger partial charge in [0, 0.05) is 37.4 Å². The summed E-state index contributed by atoms with van der Waals surface area (Å²) >= 11 is 0. The van der Waals surface area contributed by atoms with E-state index in [2.05, 4.69) is 37.5 Å². The summed E-state index contributed by atoms with van der Waals surface area (Å²) in [5.41, 5.74) is 0.469. The van der Waals surface area contributed by atoms with Gasteiger partial charge in [0.15, 0.2) is 0 Å². The third-order valence-electron chi connectivity index (χ3n) is 10.0. The van der Waals surface area contributed by atoms with Gasteiger partial charge in [0.25, 0.3) is 11.4 Å². The Labute approximate surface area is 284 Å². The van der Waals surface area contributed by atoms with Gasteiger partial charge in [-0.2, -0.15) is 0 Å². The Morgan fingerprint density at radius 3 is 1.15 bits per heavy atom. The Kier molecular flexibility index (Phi) is 14.9. The van der Waals surface area contributed by atoms with Gasteiger partial charge in [-0.15, -0.1) is 0 Å². The molecule has 0 N–H and O–H groups in total. The highest BCUT2D eigenvalue weighted by atomic mass is 16.6. The molecule has 2 aromatic carbocycles. The summed E-state index contributed by atoms with van der Waals surface area (Å²) in [6, 6.07) is 12.7. The molecule has 2 aliphatic carbocycles. The van der Waals surface area contributed by atoms with E-state index in [4.69, 9.17) is 9.47 Å². The van der Waals surface area contributed by atoms with Gasteiger partial charge < -0.3 is 19.3 Å². The maximum absolute atomic E-state index is 12.8. The second-order valence-electron chi connectivity index (χ2n) is 12.5. The van der Waals surface area contributed by atoms with Gasteiger partial charge in [-0.05, 0) is 63.0 Å². The standard InChI is InChI=1S/2C18H26N2O4/c2*1-3-19(4-2)13-14-24-17(21)18(11-5-6-12-18)15-7-9-16(10-8-15)20(22)23/h2*7-10H,3-6,11-14H2,1-2H3. The molecule has 0 unspecified atom stereocenters. The van der Waals surface area contributed by atoms with E-state index in [-0.39, 0.29) is 23.3 Å². The van der Waals surface area contributed by atoms with Crippen LogP contribution in [0.4, 0.5) is 11.4 Å². The van der Waals surface area contributed by atoms with E-state index in [1.165, 1.54) is 24.3 Å². The lowest BCUT2D eigenvalue weighted by molar-refractivity contribution is -0.385. The number of non-ortho nitro benzene ring substituents is 2. The molecule has 12 heteroatoms. The molecular weight excluding hydrogens is 616 g/mol. The van der Waals surface area contributed by atoms with Crippen molar-refractivity contribution in [1.82, 2.24) is 9.80 Å². The Morgan fingerprint density at radius 1 is 0.604 bits per heavy atom. The maximum Gasteiger partial charge on any atom is 0.316 e. The number of esters is 2. The molecule has 0 saturated heterocycles. The van der Waals surface area contributed by atoms with Crippen molar-refractivity contribution in [1.29, 1.82) is 0 Å². The Hall–Kier alpha value is -3.90. The lowest BCUT2D eigenvalue weighted by atomic mass is 9.79. The van der Waals surface area contributed by atoms with Crippen molar-refractivity contribution in [2.24, 2.45) is 0 Å². The minimum absolute atomic E-state index is 0.0433. The SMILES string of the molecule is CCN(CC)CCOC(=O)C1(c2ccc([N+](=O)[O-])cc2)CCCC1.CCN(CC)CCOC(=O)C1(c2ccc([N+](=O)[O-])cc2)CCCC1. The number of nitro groups is 2. The summed E-state index contributed by atoms with van der Waals surface area (Å²) in [6.45, 7) is 14.3. The van der Waals surface area contributed by atoms with E-state index in [1.807, 2.05) is 0 Å². The van der Waals surface area contributed by atoms with Gasteiger partial charge >= 0.3 is 11.9 Å². The van der Waals surface area contributed by atoms with Gasteiger partial charge in [0.05, 0.1) is 20.7 Å². The van der Waals surface area contributed by atoms with Crippen molar-refractivity contribution in [3.8, 4) is 0 Å². The van der Waals surface area contributed by atoms with Crippen LogP contribution in [-0.4, -0.2) is 84.1 Å². The highest BCUT2D eigenvalue weighted by molar-refractivity contribution is 5.84. The van der Waals surface area contributed by atoms with Crippen molar-refractivity contribution in [2.75, 3.05) is 52.5 Å². The number of carbonyl (C=O) groups excluding carboxylic acids is 2. The second-order valence-corrected chi connectivity index (χ2v) is 12.5. The first kappa shape index (κ1) is 38.5. The molecule has 0 radical (unpaired) electrons. The normalized spacial score (nSPS) is 16.3. The Morgan fingerprint density at radius 2 is 0.896 bits per heavy atom. The number of hydrogen-bond donors (Lipinski definition) is 0. The molecule has 0 atom stereocenters. The molecule has 4 rings (SSSR count). The van der Waals surface area contributed by atoms with E-state index in [0.29, 0.717) is 13.2 Å². The summed E-state index contributed by atoms with van der Waals surface area (Å²) in [6.07, 6.45) is 6.88. The molecule has 0 aliphatic heterocycles. The van der Waals surface area contributed by atoms with Crippen LogP contribution in [0.3, 0.4) is 0 Å². The van der Waals surface area contributed by atoms with E-state index >= 15 is 0 Å². The predicted octanol–water partition coefficient (Wildman–Crippen LogP) is 6.58. The van der Waals surface area contributed by atoms with E-state index < -0.39 is 20.7 Å². The fourth-order valence-electron chi connectivity index (χ4n) is 6.87. The predicted molar refractivity (Wildman–Crippen MR) is 184 cm³/mol. The zero-order valence-corrected chi connectivity index (χ0v) is 29.0. The summed E-state index contributed by atoms with van der Waals surface area (Å²) in [4.78, 5) is 50.7. The maximum atomic E-state index is 12.8. The molecule has 264 valence electrons. The molecule has 2 fully saturated rings. The van der Waals surface area contributed by atoms with Crippen molar-refractivity contribution >= 4 is 23.3 Å². The molecule has 2 aliphatic rings. The van der Waals surface area contributed by atoms with E-state index in [9.17, 15) is 29.8 Å². The summed E-state index contributed by atoms with van der Waals surface area (Å²) < 4.78 is 11.2. The van der Waals surface area contributed by atoms with Crippen LogP contribution in [0.15, 0.2) is 48.5 Å². The first-order valence-corrected chi connectivity index (χ1v) is 17.4. The van der Waals surface area contributed by atoms with E-state index in [0.717, 1.165) is 102 Å². The zero-order chi connectivity index (χ0) is 35.2. The number of hydrogen-bond acceptors (Lipinski definition) is 10. The van der Waals surface area contributed by atoms with Crippen LogP contribution in [0.1, 0.15) is 90.2 Å². The second kappa shape index (κ2) is 18.6. The average molecular weight is 669 g/mol. The Balaban J connectivity index is 0.000000260. The van der Waals surface area contributed by atoms with Crippen LogP contribution in [0.2, 0.25) is 0 Å². The van der Waals surface area contributed by atoms with Crippen LogP contribution < -0.4 is 0 Å². The number of benzene rings is 2. The van der Waals surface area contributed by atoms with Crippen LogP contribution in [0.25, 0.3) is 0 Å². The van der Waals surface area contributed by atoms with Crippen LogP contribution in [-0.2, 0) is 29.9 Å². The minimum atomic E-state index is -0.640. The largest absolute Gasteiger partial charge is 0.464 e. The molecule has 2 aromatic rings. The molecule has 0 aromatic heterocycles. The summed E-state index contributed by atoms with van der Waals surface area (Å²) in [5, 5.41) is 21.6. The van der Waals surface area contributed by atoms with Gasteiger partial charge in [-0.3, -0.25) is 29.8 Å². The molecule has 0 spiro atoms. The first-order chi connectivity index (χ1) is 23.1. The molecule has 2 saturated carbocycles. The molecule has 0 bridgehead atoms. The van der Waals surface area contributed by atoms with Gasteiger partial charge in [0.2, 0.25) is 0 Å². The highest BCUT2D eigenvalue weighted by Crippen LogP contribution is 2.43. The van der Waals surface area contributed by atoms with Crippen molar-refractivity contribution < 1.29 is 28.9 Å². The first-order valence-electron chi connectivity index (χ1n) is 17.4. The van der Waals surface area contributed by atoms with Gasteiger partial charge in [-0.25, -0.2) is 0 Å². The molecule has 12 nitrogen and oxygen atoms in total. The lowest BCUT2D eigenvalue weighted by Crippen LogP contribution is -2.37. The third kappa shape index (κ3) is 9.59. The number of nitro benzene ring substituents is 2. The van der Waals surface area contributed by atoms with Crippen LogP contribution >= 0.6 is 0 Å². The average Bonchev–Trinajstić information content (AvgIpc) is 3.81. The van der Waals surface area contributed by atoms with Crippen molar-refractivity contribution in [3.63, 3.8) is 0 Å². The fourth-order valence-corrected chi connectivity index (χ4v) is 6.87. The number of rotatable bonds is 16. The fraction of sp³-hybridized carbons (Fsp3) is 0.611. The molecule has 0 heterocycles. The summed E-state index contributed by atoms with van der Waals surface area (Å²) in [5.74, 6) is -0.387. The van der Waals surface area contributed by atoms with Crippen molar-refractivity contribution in [2.45, 2.75) is 89.9 Å². The highest BCUT2D eigenvalue weighted by Gasteiger charge is 2.45. The van der Waals surface area contributed by atoms with Gasteiger partial charge in [0.1, 0.15) is 13.2 Å². The lowest BCUT2D eigenvalue weighted by Gasteiger charge is -2.28. The van der Waals surface area contributed by atoms with E-state index in [1.54, 1.807) is 24.3 Å². The monoisotopic (exact) mass is 668 g/mol. The number of carbonyl (C=O) groups is 2. The third-order valence-corrected chi connectivity index (χ3v) is 10.0. The molecular formula is C36H52N4O8. The number of likely N-dealkylation sites (N-methyl/N-ethyl adjacent to an activating group) is 2. The van der Waals surface area contributed by atoms with Crippen LogP contribution in [0, 0.1) is 20.2 Å².